The highest BCUT2D eigenvalue weighted by Gasteiger charge is 2.35. The van der Waals surface area contributed by atoms with E-state index in [1.807, 2.05) is 0 Å². The van der Waals surface area contributed by atoms with Crippen molar-refractivity contribution in [1.29, 1.82) is 0 Å². The normalized spacial score (nSPS) is 13.9. The molecule has 0 fully saturated rings. The molecule has 2 rings (SSSR count). The smallest absolute Gasteiger partial charge is 0.135 e. The molecule has 0 unspecified atom stereocenters. The summed E-state index contributed by atoms with van der Waals surface area (Å²) in [6.07, 6.45) is 0. The van der Waals surface area contributed by atoms with E-state index in [1.165, 1.54) is 12.1 Å². The second-order valence-electron chi connectivity index (χ2n) is 3.78. The molecule has 2 aromatic rings. The van der Waals surface area contributed by atoms with E-state index in [0.29, 0.717) is 0 Å². The summed E-state index contributed by atoms with van der Waals surface area (Å²) >= 11 is 0. The van der Waals surface area contributed by atoms with E-state index in [9.17, 15) is 22.1 Å². The van der Waals surface area contributed by atoms with Gasteiger partial charge in [0.15, 0.2) is 0 Å². The van der Waals surface area contributed by atoms with Crippen molar-refractivity contribution in [2.24, 2.45) is 0 Å². The van der Waals surface area contributed by atoms with Crippen molar-refractivity contribution >= 4 is 9.63 Å². The Morgan fingerprint density at radius 3 is 1.56 bits per heavy atom. The maximum absolute atomic E-state index is 13.0. The van der Waals surface area contributed by atoms with Gasteiger partial charge >= 0.3 is 0 Å². The molecule has 2 aromatic carbocycles. The van der Waals surface area contributed by atoms with E-state index in [2.05, 4.69) is 0 Å². The lowest BCUT2D eigenvalue weighted by Crippen LogP contribution is -2.31. The predicted octanol–water partition coefficient (Wildman–Crippen LogP) is 3.15. The van der Waals surface area contributed by atoms with Crippen LogP contribution in [0.1, 0.15) is 0 Å². The average Bonchev–Trinajstić information content (AvgIpc) is 2.28. The van der Waals surface area contributed by atoms with Crippen molar-refractivity contribution in [3.8, 4) is 0 Å². The highest BCUT2D eigenvalue weighted by molar-refractivity contribution is 8.10. The van der Waals surface area contributed by atoms with Crippen molar-refractivity contribution in [2.45, 2.75) is 9.79 Å². The van der Waals surface area contributed by atoms with E-state index in [-0.39, 0.29) is 0 Å². The lowest BCUT2D eigenvalue weighted by atomic mass is 10.3. The zero-order chi connectivity index (χ0) is 13.4. The van der Waals surface area contributed by atoms with E-state index >= 15 is 0 Å². The molecular weight excluding hydrogens is 262 g/mol. The van der Waals surface area contributed by atoms with Crippen LogP contribution in [0.2, 0.25) is 0 Å². The Kier molecular flexibility index (Phi) is 2.81. The molecule has 0 aliphatic carbocycles. The van der Waals surface area contributed by atoms with Gasteiger partial charge in [-0.15, -0.1) is 0 Å². The first-order valence-electron chi connectivity index (χ1n) is 4.96. The third-order valence-corrected chi connectivity index (χ3v) is 4.65. The third kappa shape index (κ3) is 2.17. The third-order valence-electron chi connectivity index (χ3n) is 2.44. The van der Waals surface area contributed by atoms with Crippen LogP contribution in [0.5, 0.6) is 0 Å². The number of benzene rings is 2. The quantitative estimate of drug-likeness (QED) is 0.883. The van der Waals surface area contributed by atoms with Gasteiger partial charge in [-0.1, -0.05) is 12.1 Å². The standard InChI is InChI=1S/C12H10F2O3S/c13-9-3-1-5-11(7-9)18(15,16,17)12-6-2-4-10(14)8-12/h1-8H,(H2,15,16,17). The van der Waals surface area contributed by atoms with Gasteiger partial charge in [-0.3, -0.25) is 0 Å². The van der Waals surface area contributed by atoms with Crippen molar-refractivity contribution in [3.63, 3.8) is 0 Å². The highest BCUT2D eigenvalue weighted by atomic mass is 32.3. The number of hydrogen-bond acceptors (Lipinski definition) is 1. The Morgan fingerprint density at radius 1 is 0.833 bits per heavy atom. The minimum absolute atomic E-state index is 0.516. The fourth-order valence-electron chi connectivity index (χ4n) is 1.53. The largest absolute Gasteiger partial charge is 0.301 e. The Bertz CT molecular complexity index is 612. The fourth-order valence-corrected chi connectivity index (χ4v) is 3.10. The van der Waals surface area contributed by atoms with Gasteiger partial charge in [0.1, 0.15) is 21.3 Å². The van der Waals surface area contributed by atoms with Crippen LogP contribution < -0.4 is 0 Å². The van der Waals surface area contributed by atoms with Crippen molar-refractivity contribution in [1.82, 2.24) is 0 Å². The van der Waals surface area contributed by atoms with E-state index < -0.39 is 31.1 Å². The SMILES string of the molecule is O=S(O)(O)(c1cccc(F)c1)c1cccc(F)c1. The molecular formula is C12H10F2O3S. The molecule has 0 bridgehead atoms. The molecule has 6 heteroatoms. The zero-order valence-corrected chi connectivity index (χ0v) is 9.90. The van der Waals surface area contributed by atoms with Crippen LogP contribution in [0, 0.1) is 11.6 Å². The number of halogens is 2. The summed E-state index contributed by atoms with van der Waals surface area (Å²) in [6.45, 7) is 0. The molecule has 0 amide bonds. The van der Waals surface area contributed by atoms with Gasteiger partial charge < -0.3 is 9.11 Å². The maximum Gasteiger partial charge on any atom is 0.135 e. The fraction of sp³-hybridized carbons (Fsp3) is 0. The lowest BCUT2D eigenvalue weighted by molar-refractivity contribution is 0.388. The second kappa shape index (κ2) is 3.94. The first-order valence-corrected chi connectivity index (χ1v) is 6.84. The first kappa shape index (κ1) is 12.8. The van der Waals surface area contributed by atoms with Crippen LogP contribution >= 0.6 is 0 Å². The Labute approximate surface area is 102 Å². The van der Waals surface area contributed by atoms with Crippen molar-refractivity contribution < 1.29 is 22.1 Å². The van der Waals surface area contributed by atoms with Crippen LogP contribution in [0.25, 0.3) is 0 Å². The molecule has 2 N–H and O–H groups in total. The molecule has 0 saturated heterocycles. The van der Waals surface area contributed by atoms with Gasteiger partial charge in [0.05, 0.1) is 9.79 Å². The van der Waals surface area contributed by atoms with Gasteiger partial charge in [-0.25, -0.2) is 13.0 Å². The molecule has 0 aromatic heterocycles. The minimum atomic E-state index is -5.45. The van der Waals surface area contributed by atoms with Gasteiger partial charge in [0.25, 0.3) is 0 Å². The molecule has 0 aliphatic heterocycles. The van der Waals surface area contributed by atoms with E-state index in [1.54, 1.807) is 0 Å². The summed E-state index contributed by atoms with van der Waals surface area (Å²) in [6, 6.07) is 8.18. The topological polar surface area (TPSA) is 57.5 Å². The maximum atomic E-state index is 13.0. The average molecular weight is 272 g/mol. The molecule has 0 saturated carbocycles. The predicted molar refractivity (Wildman–Crippen MR) is 62.7 cm³/mol. The molecule has 0 radical (unpaired) electrons. The van der Waals surface area contributed by atoms with Gasteiger partial charge in [0, 0.05) is 0 Å². The van der Waals surface area contributed by atoms with Crippen LogP contribution in [-0.4, -0.2) is 13.3 Å². The van der Waals surface area contributed by atoms with E-state index in [0.717, 1.165) is 36.4 Å². The van der Waals surface area contributed by atoms with Gasteiger partial charge in [0.2, 0.25) is 0 Å². The Morgan fingerprint density at radius 2 is 1.22 bits per heavy atom. The molecule has 0 heterocycles. The summed E-state index contributed by atoms with van der Waals surface area (Å²) in [5.41, 5.74) is 0. The Hall–Kier alpha value is -1.63. The highest BCUT2D eigenvalue weighted by Crippen LogP contribution is 2.37. The second-order valence-corrected chi connectivity index (χ2v) is 6.45. The lowest BCUT2D eigenvalue weighted by Gasteiger charge is -2.31. The van der Waals surface area contributed by atoms with Crippen molar-refractivity contribution in [2.75, 3.05) is 0 Å². The van der Waals surface area contributed by atoms with Gasteiger partial charge in [-0.2, -0.15) is 0 Å². The Balaban J connectivity index is 2.68. The summed E-state index contributed by atoms with van der Waals surface area (Å²) in [5, 5.41) is 0. The van der Waals surface area contributed by atoms with Crippen LogP contribution in [0.4, 0.5) is 8.78 Å². The molecule has 96 valence electrons. The summed E-state index contributed by atoms with van der Waals surface area (Å²) in [7, 11) is -5.45. The molecule has 3 nitrogen and oxygen atoms in total. The monoisotopic (exact) mass is 272 g/mol. The van der Waals surface area contributed by atoms with Crippen LogP contribution in [0.15, 0.2) is 58.3 Å². The van der Waals surface area contributed by atoms with Crippen LogP contribution in [0.3, 0.4) is 0 Å². The summed E-state index contributed by atoms with van der Waals surface area (Å²) < 4.78 is 58.3. The van der Waals surface area contributed by atoms with Gasteiger partial charge in [-0.05, 0) is 36.4 Å². The molecule has 0 atom stereocenters. The first-order chi connectivity index (χ1) is 8.28. The minimum Gasteiger partial charge on any atom is -0.301 e. The summed E-state index contributed by atoms with van der Waals surface area (Å²) in [5.74, 6) is -1.54. The number of rotatable bonds is 2. The molecule has 0 aliphatic rings. The number of hydrogen-bond donors (Lipinski definition) is 2. The molecule has 18 heavy (non-hydrogen) atoms. The summed E-state index contributed by atoms with van der Waals surface area (Å²) in [4.78, 5) is -1.03. The van der Waals surface area contributed by atoms with E-state index in [4.69, 9.17) is 0 Å². The zero-order valence-electron chi connectivity index (χ0n) is 9.09. The molecule has 0 spiro atoms. The van der Waals surface area contributed by atoms with Crippen LogP contribution in [-0.2, 0) is 9.63 Å². The van der Waals surface area contributed by atoms with Crippen molar-refractivity contribution in [3.05, 3.63) is 60.2 Å².